The Bertz CT molecular complexity index is 504. The maximum Gasteiger partial charge on any atom is 0.191 e. The number of rotatable bonds is 6. The van der Waals surface area contributed by atoms with E-state index in [-0.39, 0.29) is 6.04 Å². The molecule has 1 aliphatic heterocycles. The maximum absolute atomic E-state index is 4.66. The molecule has 2 N–H and O–H groups in total. The van der Waals surface area contributed by atoms with Crippen LogP contribution in [-0.2, 0) is 0 Å². The molecule has 0 radical (unpaired) electrons. The minimum absolute atomic E-state index is 0.238. The van der Waals surface area contributed by atoms with Gasteiger partial charge in [0.25, 0.3) is 0 Å². The molecule has 4 heteroatoms. The average molecular weight is 316 g/mol. The predicted octanol–water partition coefficient (Wildman–Crippen LogP) is 3.56. The minimum Gasteiger partial charge on any atom is -0.372 e. The lowest BCUT2D eigenvalue weighted by molar-refractivity contribution is 0.642. The molecule has 1 unspecified atom stereocenters. The zero-order chi connectivity index (χ0) is 16.7. The third-order valence-corrected chi connectivity index (χ3v) is 4.15. The van der Waals surface area contributed by atoms with Gasteiger partial charge in [-0.2, -0.15) is 0 Å². The molecule has 2 rings (SSSR count). The van der Waals surface area contributed by atoms with E-state index in [0.29, 0.717) is 5.92 Å². The highest BCUT2D eigenvalue weighted by atomic mass is 15.2. The van der Waals surface area contributed by atoms with Crippen LogP contribution in [0.25, 0.3) is 0 Å². The standard InChI is InChI=1S/C19H32N4/c1-5-20-19(21-14-15(2)3)22-16(4)17-9-8-10-18(13-17)23-11-6-7-12-23/h8-10,13,15-16H,5-7,11-12,14H2,1-4H3,(H2,20,21,22). The summed E-state index contributed by atoms with van der Waals surface area (Å²) in [7, 11) is 0. The van der Waals surface area contributed by atoms with E-state index in [1.807, 2.05) is 0 Å². The molecule has 0 aliphatic carbocycles. The number of hydrogen-bond acceptors (Lipinski definition) is 2. The Morgan fingerprint density at radius 2 is 1.96 bits per heavy atom. The zero-order valence-electron chi connectivity index (χ0n) is 15.1. The summed E-state index contributed by atoms with van der Waals surface area (Å²) >= 11 is 0. The Hall–Kier alpha value is -1.71. The second kappa shape index (κ2) is 8.80. The van der Waals surface area contributed by atoms with Crippen molar-refractivity contribution in [1.82, 2.24) is 10.6 Å². The van der Waals surface area contributed by atoms with E-state index < -0.39 is 0 Å². The highest BCUT2D eigenvalue weighted by molar-refractivity contribution is 5.80. The molecule has 1 atom stereocenters. The number of nitrogens with one attached hydrogen (secondary N) is 2. The predicted molar refractivity (Wildman–Crippen MR) is 100 cm³/mol. The van der Waals surface area contributed by atoms with Crippen molar-refractivity contribution < 1.29 is 0 Å². The van der Waals surface area contributed by atoms with E-state index >= 15 is 0 Å². The fourth-order valence-electron chi connectivity index (χ4n) is 2.85. The van der Waals surface area contributed by atoms with Crippen molar-refractivity contribution in [3.05, 3.63) is 29.8 Å². The number of nitrogens with zero attached hydrogens (tertiary/aromatic N) is 2. The fourth-order valence-corrected chi connectivity index (χ4v) is 2.85. The quantitative estimate of drug-likeness (QED) is 0.623. The van der Waals surface area contributed by atoms with Crippen molar-refractivity contribution in [3.63, 3.8) is 0 Å². The fraction of sp³-hybridized carbons (Fsp3) is 0.632. The Kier molecular flexibility index (Phi) is 6.75. The molecule has 0 bridgehead atoms. The van der Waals surface area contributed by atoms with Gasteiger partial charge in [-0.25, -0.2) is 0 Å². The summed E-state index contributed by atoms with van der Waals surface area (Å²) in [4.78, 5) is 7.14. The van der Waals surface area contributed by atoms with Gasteiger partial charge in [0.2, 0.25) is 0 Å². The van der Waals surface area contributed by atoms with Crippen LogP contribution in [0.4, 0.5) is 5.69 Å². The number of aliphatic imine (C=N–C) groups is 1. The van der Waals surface area contributed by atoms with E-state index in [9.17, 15) is 0 Å². The molecule has 1 saturated heterocycles. The average Bonchev–Trinajstić information content (AvgIpc) is 3.07. The first-order valence-corrected chi connectivity index (χ1v) is 9.00. The summed E-state index contributed by atoms with van der Waals surface area (Å²) in [6.07, 6.45) is 2.62. The molecular weight excluding hydrogens is 284 g/mol. The topological polar surface area (TPSA) is 39.7 Å². The summed E-state index contributed by atoms with van der Waals surface area (Å²) in [6, 6.07) is 9.14. The van der Waals surface area contributed by atoms with Crippen LogP contribution < -0.4 is 15.5 Å². The van der Waals surface area contributed by atoms with Gasteiger partial charge in [0.05, 0.1) is 6.04 Å². The van der Waals surface area contributed by atoms with E-state index in [1.54, 1.807) is 0 Å². The highest BCUT2D eigenvalue weighted by Crippen LogP contribution is 2.23. The van der Waals surface area contributed by atoms with Crippen LogP contribution in [0.2, 0.25) is 0 Å². The first-order chi connectivity index (χ1) is 11.1. The van der Waals surface area contributed by atoms with E-state index in [0.717, 1.165) is 19.0 Å². The Labute approximate surface area is 141 Å². The van der Waals surface area contributed by atoms with Gasteiger partial charge in [-0.05, 0) is 50.3 Å². The minimum atomic E-state index is 0.238. The highest BCUT2D eigenvalue weighted by Gasteiger charge is 2.14. The van der Waals surface area contributed by atoms with E-state index in [2.05, 4.69) is 72.5 Å². The van der Waals surface area contributed by atoms with Crippen LogP contribution >= 0.6 is 0 Å². The van der Waals surface area contributed by atoms with Gasteiger partial charge in [-0.1, -0.05) is 26.0 Å². The van der Waals surface area contributed by atoms with E-state index in [4.69, 9.17) is 0 Å². The van der Waals surface area contributed by atoms with Crippen molar-refractivity contribution in [2.24, 2.45) is 10.9 Å². The van der Waals surface area contributed by atoms with Gasteiger partial charge >= 0.3 is 0 Å². The summed E-state index contributed by atoms with van der Waals surface area (Å²) in [6.45, 7) is 12.8. The van der Waals surface area contributed by atoms with Crippen LogP contribution in [-0.4, -0.2) is 32.1 Å². The number of anilines is 1. The second-order valence-electron chi connectivity index (χ2n) is 6.77. The van der Waals surface area contributed by atoms with Crippen molar-refractivity contribution in [3.8, 4) is 0 Å². The summed E-state index contributed by atoms with van der Waals surface area (Å²) in [5.41, 5.74) is 2.65. The third-order valence-electron chi connectivity index (χ3n) is 4.15. The molecule has 23 heavy (non-hydrogen) atoms. The molecule has 128 valence electrons. The summed E-state index contributed by atoms with van der Waals surface area (Å²) in [5, 5.41) is 6.86. The van der Waals surface area contributed by atoms with Crippen molar-refractivity contribution in [2.45, 2.75) is 46.6 Å². The molecule has 0 saturated carbocycles. The second-order valence-corrected chi connectivity index (χ2v) is 6.77. The van der Waals surface area contributed by atoms with Gasteiger partial charge in [0.1, 0.15) is 0 Å². The largest absolute Gasteiger partial charge is 0.372 e. The summed E-state index contributed by atoms with van der Waals surface area (Å²) < 4.78 is 0. The molecule has 1 aromatic rings. The van der Waals surface area contributed by atoms with Crippen LogP contribution in [0, 0.1) is 5.92 Å². The van der Waals surface area contributed by atoms with Crippen molar-refractivity contribution in [2.75, 3.05) is 31.1 Å². The molecule has 1 aliphatic rings. The number of hydrogen-bond donors (Lipinski definition) is 2. The molecule has 0 aromatic heterocycles. The summed E-state index contributed by atoms with van der Waals surface area (Å²) in [5.74, 6) is 1.47. The smallest absolute Gasteiger partial charge is 0.191 e. The van der Waals surface area contributed by atoms with Crippen molar-refractivity contribution in [1.29, 1.82) is 0 Å². The van der Waals surface area contributed by atoms with Gasteiger partial charge < -0.3 is 15.5 Å². The number of benzene rings is 1. The van der Waals surface area contributed by atoms with Crippen LogP contribution in [0.5, 0.6) is 0 Å². The Morgan fingerprint density at radius 3 is 2.61 bits per heavy atom. The lowest BCUT2D eigenvalue weighted by atomic mass is 10.1. The lowest BCUT2D eigenvalue weighted by Gasteiger charge is -2.22. The molecule has 0 spiro atoms. The first-order valence-electron chi connectivity index (χ1n) is 9.00. The van der Waals surface area contributed by atoms with Crippen LogP contribution in [0.15, 0.2) is 29.3 Å². The Morgan fingerprint density at radius 1 is 1.22 bits per heavy atom. The van der Waals surface area contributed by atoms with Crippen molar-refractivity contribution >= 4 is 11.6 Å². The number of guanidine groups is 1. The lowest BCUT2D eigenvalue weighted by Crippen LogP contribution is -2.39. The van der Waals surface area contributed by atoms with Gasteiger partial charge in [0.15, 0.2) is 5.96 Å². The molecule has 4 nitrogen and oxygen atoms in total. The maximum atomic E-state index is 4.66. The third kappa shape index (κ3) is 5.45. The normalized spacial score (nSPS) is 16.7. The van der Waals surface area contributed by atoms with E-state index in [1.165, 1.54) is 37.2 Å². The van der Waals surface area contributed by atoms with Crippen LogP contribution in [0.1, 0.15) is 52.1 Å². The molecule has 1 heterocycles. The SMILES string of the molecule is CCNC(=NCC(C)C)NC(C)c1cccc(N2CCCC2)c1. The van der Waals surface area contributed by atoms with Gasteiger partial charge in [0, 0.05) is 31.9 Å². The molecular formula is C19H32N4. The monoisotopic (exact) mass is 316 g/mol. The molecule has 0 amide bonds. The molecule has 1 fully saturated rings. The van der Waals surface area contributed by atoms with Gasteiger partial charge in [-0.15, -0.1) is 0 Å². The Balaban J connectivity index is 2.04. The first kappa shape index (κ1) is 17.6. The molecule has 1 aromatic carbocycles. The zero-order valence-corrected chi connectivity index (χ0v) is 15.1. The van der Waals surface area contributed by atoms with Gasteiger partial charge in [-0.3, -0.25) is 4.99 Å². The van der Waals surface area contributed by atoms with Crippen LogP contribution in [0.3, 0.4) is 0 Å².